The number of nitrogens with two attached hydrogens (primary N) is 3. The molecule has 582 valence electrons. The minimum absolute atomic E-state index is 0.0355. The number of aromatic amines is 1. The topological polar surface area (TPSA) is 528 Å². The number of likely N-dealkylation sites (tertiary alicyclic amines) is 2. The van der Waals surface area contributed by atoms with Crippen LogP contribution in [0.25, 0.3) is 0 Å². The van der Waals surface area contributed by atoms with Crippen LogP contribution in [-0.4, -0.2) is 234 Å². The zero-order chi connectivity index (χ0) is 78.7. The number of aromatic nitrogens is 2. The standard InChI is InChI=1S/C71H100N18O16S2/c1-39(2)29-48(60(95)84-52(32-43-22-24-45(91)25-23-43)68(103)89-28-14-21-54(89)64(99)85-53(37-106)69(104)105)80-56(93)36-88-27-13-20-47(67(88)102)81-61(96)49(30-41-15-8-6-9-16-41)83-62(97)51(33-44-34-75-38-78-44)79-55(92)35-77-65(100)57(40(3)90)86-66(101)58(71(4,5)107)87-63(98)50(31-42-17-10-7-11-18-42)82-59(94)46(72)19-12-26-76-70(73)74/h6-11,15-18,22-25,34,38-40,46-54,57-58,90-91,106-107H,12-14,19-21,26-33,35-37,72H2,1-5H3,(H,75,78)(H,77,100)(H,79,92)(H,80,93)(H,81,96)(H,82,94)(H,83,97)(H,84,95)(H,85,99)(H,86,101)(H,87,98)(H,104,105)(H4,73,74,76)/t40-,46+,47+,48+,49+,50+,51+,52+,53+,54+,57+,58+/m1/s1. The number of hydrogen-bond donors (Lipinski definition) is 19. The fourth-order valence-corrected chi connectivity index (χ4v) is 12.5. The molecule has 2 aliphatic heterocycles. The van der Waals surface area contributed by atoms with Gasteiger partial charge in [0.15, 0.2) is 5.96 Å². The molecule has 20 N–H and O–H groups in total. The lowest BCUT2D eigenvalue weighted by Crippen LogP contribution is -2.63. The summed E-state index contributed by atoms with van der Waals surface area (Å²) in [6.07, 6.45) is 2.16. The number of guanidine groups is 1. The third kappa shape index (κ3) is 27.5. The number of aliphatic carboxylic acids is 1. The summed E-state index contributed by atoms with van der Waals surface area (Å²) in [5.74, 6) is -11.7. The second kappa shape index (κ2) is 41.5. The number of nitrogens with zero attached hydrogens (tertiary/aromatic N) is 4. The van der Waals surface area contributed by atoms with Gasteiger partial charge in [0.1, 0.15) is 66.2 Å². The summed E-state index contributed by atoms with van der Waals surface area (Å²) in [6.45, 7) is 6.77. The van der Waals surface area contributed by atoms with Crippen molar-refractivity contribution < 1.29 is 77.6 Å². The second-order valence-electron chi connectivity index (χ2n) is 27.4. The van der Waals surface area contributed by atoms with Crippen molar-refractivity contribution in [3.63, 3.8) is 0 Å². The first-order chi connectivity index (χ1) is 50.7. The molecule has 4 aromatic rings. The highest BCUT2D eigenvalue weighted by Gasteiger charge is 2.42. The number of phenolic OH excluding ortho intramolecular Hbond substituents is 1. The van der Waals surface area contributed by atoms with Gasteiger partial charge in [-0.2, -0.15) is 25.3 Å². The van der Waals surface area contributed by atoms with E-state index in [-0.39, 0.29) is 94.4 Å². The Morgan fingerprint density at radius 1 is 0.664 bits per heavy atom. The maximum atomic E-state index is 14.6. The number of benzene rings is 3. The molecular weight excluding hydrogens is 1430 g/mol. The largest absolute Gasteiger partial charge is 0.508 e. The van der Waals surface area contributed by atoms with Gasteiger partial charge in [-0.25, -0.2) is 9.78 Å². The first kappa shape index (κ1) is 85.6. The summed E-state index contributed by atoms with van der Waals surface area (Å²) in [5.41, 5.74) is 19.1. The molecule has 0 radical (unpaired) electrons. The molecule has 1 aromatic heterocycles. The van der Waals surface area contributed by atoms with E-state index < -0.39 is 167 Å². The van der Waals surface area contributed by atoms with E-state index in [1.165, 1.54) is 55.2 Å². The number of aliphatic hydroxyl groups is 1. The molecule has 36 heteroatoms. The van der Waals surface area contributed by atoms with Crippen LogP contribution < -0.4 is 70.4 Å². The fraction of sp³-hybridized carbons (Fsp3) is 0.507. The molecule has 107 heavy (non-hydrogen) atoms. The van der Waals surface area contributed by atoms with Crippen LogP contribution in [0.3, 0.4) is 0 Å². The molecule has 6 rings (SSSR count). The molecule has 0 bridgehead atoms. The maximum Gasteiger partial charge on any atom is 0.327 e. The predicted molar refractivity (Wildman–Crippen MR) is 399 cm³/mol. The van der Waals surface area contributed by atoms with Gasteiger partial charge in [-0.05, 0) is 100 Å². The van der Waals surface area contributed by atoms with Crippen LogP contribution in [0.4, 0.5) is 0 Å². The van der Waals surface area contributed by atoms with E-state index in [0.717, 1.165) is 0 Å². The fourth-order valence-electron chi connectivity index (χ4n) is 12.0. The molecule has 2 aliphatic rings. The van der Waals surface area contributed by atoms with Crippen LogP contribution in [0.15, 0.2) is 102 Å². The Morgan fingerprint density at radius 3 is 1.80 bits per heavy atom. The van der Waals surface area contributed by atoms with E-state index >= 15 is 0 Å². The lowest BCUT2D eigenvalue weighted by molar-refractivity contribution is -0.144. The van der Waals surface area contributed by atoms with Crippen molar-refractivity contribution in [1.82, 2.24) is 72.9 Å². The normalized spacial score (nSPS) is 17.1. The molecule has 2 saturated heterocycles. The van der Waals surface area contributed by atoms with Gasteiger partial charge in [0.25, 0.3) is 0 Å². The average Bonchev–Trinajstić information content (AvgIpc) is 1.79. The highest BCUT2D eigenvalue weighted by atomic mass is 32.1. The number of carbonyl (C=O) groups excluding carboxylic acids is 12. The first-order valence-corrected chi connectivity index (χ1v) is 36.3. The van der Waals surface area contributed by atoms with Gasteiger partial charge in [0, 0.05) is 67.7 Å². The monoisotopic (exact) mass is 1520 g/mol. The SMILES string of the molecule is CC(C)C[C@H](NC(=O)CN1CCC[C@H](NC(=O)[C@H](Cc2ccccc2)NC(=O)[C@H](Cc2cnc[nH]2)NC(=O)CNC(=O)[C@@H](NC(=O)[C@H](NC(=O)[C@H](Cc2ccccc2)NC(=O)[C@@H](N)CCCN=C(N)N)C(C)(C)S)[C@@H](C)O)C1=O)C(=O)N[C@@H](Cc1ccc(O)cc1)C(=O)N1CCC[C@H]1C(=O)N[C@@H](CS)C(=O)O. The number of thiol groups is 2. The number of nitrogens with one attached hydrogen (secondary N) is 11. The van der Waals surface area contributed by atoms with Gasteiger partial charge in [0.2, 0.25) is 70.9 Å². The minimum Gasteiger partial charge on any atom is -0.508 e. The summed E-state index contributed by atoms with van der Waals surface area (Å²) in [4.78, 5) is 194. The Balaban J connectivity index is 1.11. The zero-order valence-electron chi connectivity index (χ0n) is 60.3. The summed E-state index contributed by atoms with van der Waals surface area (Å²) in [6, 6.07) is 8.36. The molecule has 3 aromatic carbocycles. The summed E-state index contributed by atoms with van der Waals surface area (Å²) in [5, 5.41) is 56.5. The summed E-state index contributed by atoms with van der Waals surface area (Å²) >= 11 is 8.61. The van der Waals surface area contributed by atoms with Gasteiger partial charge in [-0.1, -0.05) is 86.6 Å². The Bertz CT molecular complexity index is 3740. The van der Waals surface area contributed by atoms with Crippen molar-refractivity contribution in [2.45, 2.75) is 183 Å². The first-order valence-electron chi connectivity index (χ1n) is 35.2. The van der Waals surface area contributed by atoms with Crippen LogP contribution in [0.2, 0.25) is 0 Å². The number of carbonyl (C=O) groups is 13. The van der Waals surface area contributed by atoms with Gasteiger partial charge < -0.3 is 100 Å². The molecule has 3 heterocycles. The van der Waals surface area contributed by atoms with Crippen molar-refractivity contribution in [3.8, 4) is 5.75 Å². The lowest BCUT2D eigenvalue weighted by Gasteiger charge is -2.34. The molecule has 0 spiro atoms. The Morgan fingerprint density at radius 2 is 1.22 bits per heavy atom. The van der Waals surface area contributed by atoms with Gasteiger partial charge in [-0.3, -0.25) is 62.5 Å². The van der Waals surface area contributed by atoms with Crippen molar-refractivity contribution in [3.05, 3.63) is 120 Å². The Labute approximate surface area is 630 Å². The third-order valence-electron chi connectivity index (χ3n) is 17.7. The molecule has 2 fully saturated rings. The van der Waals surface area contributed by atoms with Crippen LogP contribution in [0.5, 0.6) is 5.75 Å². The molecule has 12 atom stereocenters. The van der Waals surface area contributed by atoms with E-state index in [1.807, 2.05) is 0 Å². The molecule has 0 unspecified atom stereocenters. The van der Waals surface area contributed by atoms with Gasteiger partial charge >= 0.3 is 5.97 Å². The minimum atomic E-state index is -1.75. The maximum absolute atomic E-state index is 14.6. The molecule has 34 nitrogen and oxygen atoms in total. The van der Waals surface area contributed by atoms with Gasteiger partial charge in [0.05, 0.1) is 31.6 Å². The van der Waals surface area contributed by atoms with Crippen molar-refractivity contribution in [1.29, 1.82) is 0 Å². The van der Waals surface area contributed by atoms with Crippen molar-refractivity contribution in [2.75, 3.05) is 38.5 Å². The highest BCUT2D eigenvalue weighted by Crippen LogP contribution is 2.23. The summed E-state index contributed by atoms with van der Waals surface area (Å²) in [7, 11) is 0. The van der Waals surface area contributed by atoms with Crippen molar-refractivity contribution >= 4 is 108 Å². The number of piperidine rings is 1. The summed E-state index contributed by atoms with van der Waals surface area (Å²) < 4.78 is -1.36. The van der Waals surface area contributed by atoms with Crippen LogP contribution >= 0.6 is 25.3 Å². The average molecular weight is 1530 g/mol. The third-order valence-corrected chi connectivity index (χ3v) is 18.3. The number of aliphatic hydroxyl groups excluding tert-OH is 1. The highest BCUT2D eigenvalue weighted by molar-refractivity contribution is 7.81. The number of carboxylic acid groups (broad SMARTS) is 1. The van der Waals surface area contributed by atoms with E-state index in [9.17, 15) is 77.6 Å². The number of imidazole rings is 1. The van der Waals surface area contributed by atoms with E-state index in [1.54, 1.807) is 86.6 Å². The van der Waals surface area contributed by atoms with Gasteiger partial charge in [-0.15, -0.1) is 0 Å². The van der Waals surface area contributed by atoms with Crippen LogP contribution in [0.1, 0.15) is 102 Å². The van der Waals surface area contributed by atoms with Crippen molar-refractivity contribution in [2.24, 2.45) is 28.1 Å². The molecule has 0 saturated carbocycles. The lowest BCUT2D eigenvalue weighted by atomic mass is 9.99. The Kier molecular flexibility index (Phi) is 33.2. The molecular formula is C71H100N18O16S2. The number of amides is 12. The smallest absolute Gasteiger partial charge is 0.327 e. The number of rotatable bonds is 40. The number of hydrogen-bond acceptors (Lipinski definition) is 20. The molecule has 0 aliphatic carbocycles. The van der Waals surface area contributed by atoms with Crippen LogP contribution in [-0.2, 0) is 88.0 Å². The number of aromatic hydroxyl groups is 1. The van der Waals surface area contributed by atoms with E-state index in [0.29, 0.717) is 41.6 Å². The Hall–Kier alpha value is -10.3. The predicted octanol–water partition coefficient (Wildman–Crippen LogP) is -2.99. The van der Waals surface area contributed by atoms with Crippen LogP contribution in [0, 0.1) is 5.92 Å². The second-order valence-corrected chi connectivity index (χ2v) is 28.9. The molecule has 12 amide bonds. The number of aliphatic imine (C=N–C) groups is 1. The number of phenols is 1. The zero-order valence-corrected chi connectivity index (χ0v) is 62.1. The quantitative estimate of drug-likeness (QED) is 0.00914. The number of H-pyrrole nitrogens is 1. The van der Waals surface area contributed by atoms with E-state index in [2.05, 4.69) is 93.4 Å². The number of carboxylic acids is 1. The van der Waals surface area contributed by atoms with E-state index in [4.69, 9.17) is 17.2 Å².